The largest absolute Gasteiger partial charge is 0.496 e. The van der Waals surface area contributed by atoms with Crippen molar-refractivity contribution in [1.29, 1.82) is 0 Å². The number of esters is 1. The standard InChI is InChI=1S/C39H42Cl2FN5O5/c1-21(20-51-39(49)22-7-4-8-22)47-16-15-30-29(19-47)44-37(46(30)2)38(48)45-28-12-6-11-26(34(28)40)23-9-5-10-25-24(23)13-14-31(25)52-33-17-32(50-3)27(18-43)36(42)35(33)41/h5-6,9-12,17,21-22,31H,4,7-8,13-16,18-20,43H2,1-3H3,(H,45,48). The van der Waals surface area contributed by atoms with Crippen LogP contribution in [0, 0.1) is 11.7 Å². The second-order valence-corrected chi connectivity index (χ2v) is 14.5. The van der Waals surface area contributed by atoms with Crippen LogP contribution in [0.3, 0.4) is 0 Å². The number of hydrogen-bond donors (Lipinski definition) is 2. The summed E-state index contributed by atoms with van der Waals surface area (Å²) in [4.78, 5) is 32.9. The highest BCUT2D eigenvalue weighted by Gasteiger charge is 2.32. The zero-order chi connectivity index (χ0) is 36.7. The zero-order valence-electron chi connectivity index (χ0n) is 29.4. The van der Waals surface area contributed by atoms with Gasteiger partial charge in [0.05, 0.1) is 29.4 Å². The van der Waals surface area contributed by atoms with Gasteiger partial charge in [-0.2, -0.15) is 0 Å². The van der Waals surface area contributed by atoms with Gasteiger partial charge in [-0.3, -0.25) is 14.5 Å². The zero-order valence-corrected chi connectivity index (χ0v) is 31.0. The predicted octanol–water partition coefficient (Wildman–Crippen LogP) is 7.41. The van der Waals surface area contributed by atoms with Crippen LogP contribution in [0.15, 0.2) is 42.5 Å². The Balaban J connectivity index is 1.06. The van der Waals surface area contributed by atoms with E-state index in [4.69, 9.17) is 48.1 Å². The fourth-order valence-electron chi connectivity index (χ4n) is 7.43. The number of nitrogens with one attached hydrogen (secondary N) is 1. The Kier molecular flexibility index (Phi) is 10.5. The van der Waals surface area contributed by atoms with Crippen LogP contribution >= 0.6 is 23.2 Å². The number of amides is 1. The number of carbonyl (C=O) groups is 2. The summed E-state index contributed by atoms with van der Waals surface area (Å²) >= 11 is 13.4. The van der Waals surface area contributed by atoms with Crippen molar-refractivity contribution in [3.05, 3.63) is 92.2 Å². The maximum atomic E-state index is 15.0. The molecule has 4 aromatic rings. The van der Waals surface area contributed by atoms with Crippen molar-refractivity contribution in [3.63, 3.8) is 0 Å². The summed E-state index contributed by atoms with van der Waals surface area (Å²) in [6.45, 7) is 3.66. The Hall–Kier alpha value is -4.16. The van der Waals surface area contributed by atoms with Crippen molar-refractivity contribution in [2.75, 3.05) is 25.6 Å². The number of nitrogens with zero attached hydrogens (tertiary/aromatic N) is 3. The second kappa shape index (κ2) is 15.1. The number of carbonyl (C=O) groups excluding carboxylic acids is 2. The number of ether oxygens (including phenoxy) is 3. The monoisotopic (exact) mass is 749 g/mol. The van der Waals surface area contributed by atoms with E-state index in [-0.39, 0.29) is 58.6 Å². The summed E-state index contributed by atoms with van der Waals surface area (Å²) in [5.74, 6) is -0.311. The minimum atomic E-state index is -0.656. The van der Waals surface area contributed by atoms with Crippen LogP contribution in [0.5, 0.6) is 11.5 Å². The first-order valence-corrected chi connectivity index (χ1v) is 18.4. The summed E-state index contributed by atoms with van der Waals surface area (Å²) in [5.41, 5.74) is 11.9. The third kappa shape index (κ3) is 6.75. The molecule has 1 aromatic heterocycles. The number of benzene rings is 3. The molecule has 1 saturated carbocycles. The van der Waals surface area contributed by atoms with E-state index in [0.717, 1.165) is 65.9 Å². The Morgan fingerprint density at radius 1 is 1.08 bits per heavy atom. The molecule has 1 aliphatic heterocycles. The van der Waals surface area contributed by atoms with E-state index in [1.54, 1.807) is 12.1 Å². The van der Waals surface area contributed by atoms with Crippen molar-refractivity contribution in [3.8, 4) is 22.6 Å². The molecule has 2 heterocycles. The lowest BCUT2D eigenvalue weighted by Crippen LogP contribution is -2.41. The van der Waals surface area contributed by atoms with E-state index in [9.17, 15) is 9.59 Å². The highest BCUT2D eigenvalue weighted by Crippen LogP contribution is 2.45. The lowest BCUT2D eigenvalue weighted by molar-refractivity contribution is -0.153. The number of hydrogen-bond acceptors (Lipinski definition) is 8. The third-order valence-corrected chi connectivity index (χ3v) is 11.5. The SMILES string of the molecule is COc1cc(OC2CCc3c(-c4cccc(NC(=O)c5nc6c(n5C)CCN(C(C)COC(=O)C5CCC5)C6)c4Cl)cccc32)c(Cl)c(F)c1CN. The number of aromatic nitrogens is 2. The van der Waals surface area contributed by atoms with Gasteiger partial charge in [0.2, 0.25) is 0 Å². The summed E-state index contributed by atoms with van der Waals surface area (Å²) in [7, 11) is 3.30. The molecule has 1 amide bonds. The maximum Gasteiger partial charge on any atom is 0.308 e. The van der Waals surface area contributed by atoms with Crippen molar-refractivity contribution in [2.45, 2.75) is 70.7 Å². The third-order valence-electron chi connectivity index (χ3n) is 10.7. The highest BCUT2D eigenvalue weighted by atomic mass is 35.5. The number of rotatable bonds is 11. The normalized spacial score (nSPS) is 17.6. The molecule has 0 radical (unpaired) electrons. The molecule has 274 valence electrons. The fraction of sp³-hybridized carbons (Fsp3) is 0.410. The predicted molar refractivity (Wildman–Crippen MR) is 197 cm³/mol. The molecule has 3 aromatic carbocycles. The average Bonchev–Trinajstić information content (AvgIpc) is 3.69. The summed E-state index contributed by atoms with van der Waals surface area (Å²) in [5, 5.41) is 3.25. The van der Waals surface area contributed by atoms with Crippen molar-refractivity contribution >= 4 is 40.8 Å². The Morgan fingerprint density at radius 2 is 1.85 bits per heavy atom. The number of anilines is 1. The lowest BCUT2D eigenvalue weighted by Gasteiger charge is -2.32. The van der Waals surface area contributed by atoms with Gasteiger partial charge in [0.1, 0.15) is 29.2 Å². The van der Waals surface area contributed by atoms with Crippen molar-refractivity contribution < 1.29 is 28.2 Å². The van der Waals surface area contributed by atoms with Crippen LogP contribution in [-0.4, -0.2) is 52.6 Å². The van der Waals surface area contributed by atoms with Gasteiger partial charge in [-0.05, 0) is 55.4 Å². The van der Waals surface area contributed by atoms with Crippen LogP contribution < -0.4 is 20.5 Å². The van der Waals surface area contributed by atoms with Crippen LogP contribution in [0.1, 0.15) is 77.4 Å². The second-order valence-electron chi connectivity index (χ2n) is 13.7. The Morgan fingerprint density at radius 3 is 2.58 bits per heavy atom. The molecule has 1 fully saturated rings. The summed E-state index contributed by atoms with van der Waals surface area (Å²) < 4.78 is 34.1. The van der Waals surface area contributed by atoms with E-state index in [1.165, 1.54) is 7.11 Å². The first kappa shape index (κ1) is 36.2. The quantitative estimate of drug-likeness (QED) is 0.152. The minimum Gasteiger partial charge on any atom is -0.496 e. The number of fused-ring (bicyclic) bond motifs is 2. The van der Waals surface area contributed by atoms with Gasteiger partial charge in [-0.25, -0.2) is 9.37 Å². The molecule has 10 nitrogen and oxygen atoms in total. The van der Waals surface area contributed by atoms with E-state index in [1.807, 2.05) is 41.9 Å². The van der Waals surface area contributed by atoms with E-state index >= 15 is 4.39 Å². The van der Waals surface area contributed by atoms with Gasteiger partial charge in [0, 0.05) is 62.0 Å². The molecule has 3 aliphatic rings. The molecule has 2 unspecified atom stereocenters. The van der Waals surface area contributed by atoms with Crippen LogP contribution in [-0.2, 0) is 42.5 Å². The smallest absolute Gasteiger partial charge is 0.308 e. The molecule has 52 heavy (non-hydrogen) atoms. The van der Waals surface area contributed by atoms with Crippen molar-refractivity contribution in [2.24, 2.45) is 18.7 Å². The van der Waals surface area contributed by atoms with Crippen LogP contribution in [0.4, 0.5) is 10.1 Å². The molecule has 7 rings (SSSR count). The molecule has 0 saturated heterocycles. The molecule has 0 bridgehead atoms. The van der Waals surface area contributed by atoms with Gasteiger partial charge < -0.3 is 29.8 Å². The fourth-order valence-corrected chi connectivity index (χ4v) is 7.92. The van der Waals surface area contributed by atoms with Gasteiger partial charge in [0.25, 0.3) is 5.91 Å². The maximum absolute atomic E-state index is 15.0. The first-order valence-electron chi connectivity index (χ1n) is 17.7. The number of nitrogens with two attached hydrogens (primary N) is 1. The van der Waals surface area contributed by atoms with Gasteiger partial charge in [0.15, 0.2) is 11.6 Å². The van der Waals surface area contributed by atoms with Crippen LogP contribution in [0.25, 0.3) is 11.1 Å². The van der Waals surface area contributed by atoms with E-state index < -0.39 is 5.82 Å². The molecule has 13 heteroatoms. The molecule has 2 atom stereocenters. The van der Waals surface area contributed by atoms with Gasteiger partial charge >= 0.3 is 5.97 Å². The minimum absolute atomic E-state index is 0.0338. The van der Waals surface area contributed by atoms with Gasteiger partial charge in [-0.1, -0.05) is 60.0 Å². The number of methoxy groups -OCH3 is 1. The topological polar surface area (TPSA) is 121 Å². The molecule has 0 spiro atoms. The Labute approximate surface area is 312 Å². The molecular formula is C39H42Cl2FN5O5. The van der Waals surface area contributed by atoms with Crippen molar-refractivity contribution in [1.82, 2.24) is 14.5 Å². The van der Waals surface area contributed by atoms with E-state index in [0.29, 0.717) is 42.5 Å². The average molecular weight is 751 g/mol. The number of halogens is 3. The first-order chi connectivity index (χ1) is 25.1. The highest BCUT2D eigenvalue weighted by molar-refractivity contribution is 6.36. The molecular weight excluding hydrogens is 708 g/mol. The number of imidazole rings is 1. The van der Waals surface area contributed by atoms with E-state index in [2.05, 4.69) is 17.1 Å². The Bertz CT molecular complexity index is 2030. The molecule has 3 N–H and O–H groups in total. The van der Waals surface area contributed by atoms with Crippen LogP contribution in [0.2, 0.25) is 10.0 Å². The lowest BCUT2D eigenvalue weighted by atomic mass is 9.86. The van der Waals surface area contributed by atoms with Gasteiger partial charge in [-0.15, -0.1) is 0 Å². The summed E-state index contributed by atoms with van der Waals surface area (Å²) in [6, 6.07) is 13.1. The molecule has 2 aliphatic carbocycles. The summed E-state index contributed by atoms with van der Waals surface area (Å²) in [6.07, 6.45) is 4.61.